The van der Waals surface area contributed by atoms with Gasteiger partial charge in [-0.2, -0.15) is 0 Å². The van der Waals surface area contributed by atoms with Crippen LogP contribution in [0.3, 0.4) is 0 Å². The zero-order valence-corrected chi connectivity index (χ0v) is 8.30. The molecule has 0 rings (SSSR count). The Labute approximate surface area is 74.8 Å². The number of aliphatic hydroxyl groups excluding tert-OH is 1. The Morgan fingerprint density at radius 1 is 1.33 bits per heavy atom. The molecule has 0 aliphatic heterocycles. The van der Waals surface area contributed by atoms with E-state index in [-0.39, 0.29) is 6.10 Å². The molecule has 3 nitrogen and oxygen atoms in total. The van der Waals surface area contributed by atoms with Gasteiger partial charge in [0.2, 0.25) is 0 Å². The summed E-state index contributed by atoms with van der Waals surface area (Å²) in [4.78, 5) is 0. The minimum atomic E-state index is -0.602. The molecule has 0 aromatic rings. The molecule has 0 bridgehead atoms. The highest BCUT2D eigenvalue weighted by molar-refractivity contribution is 4.77. The summed E-state index contributed by atoms with van der Waals surface area (Å²) in [5, 5.41) is 21.8. The summed E-state index contributed by atoms with van der Waals surface area (Å²) in [7, 11) is 0. The zero-order valence-electron chi connectivity index (χ0n) is 8.30. The van der Waals surface area contributed by atoms with E-state index < -0.39 is 5.60 Å². The molecule has 0 amide bonds. The van der Waals surface area contributed by atoms with E-state index in [9.17, 15) is 5.11 Å². The second kappa shape index (κ2) is 5.51. The van der Waals surface area contributed by atoms with Gasteiger partial charge >= 0.3 is 0 Å². The van der Waals surface area contributed by atoms with E-state index in [0.717, 1.165) is 12.8 Å². The van der Waals surface area contributed by atoms with Crippen molar-refractivity contribution in [2.45, 2.75) is 45.3 Å². The van der Waals surface area contributed by atoms with Crippen LogP contribution in [0.15, 0.2) is 0 Å². The molecule has 12 heavy (non-hydrogen) atoms. The summed E-state index contributed by atoms with van der Waals surface area (Å²) in [6.45, 7) is 6.76. The van der Waals surface area contributed by atoms with Crippen molar-refractivity contribution in [1.82, 2.24) is 5.32 Å². The number of rotatable bonds is 6. The van der Waals surface area contributed by atoms with Gasteiger partial charge in [-0.1, -0.05) is 13.8 Å². The molecule has 0 aromatic carbocycles. The molecule has 0 heterocycles. The van der Waals surface area contributed by atoms with E-state index in [0.29, 0.717) is 13.1 Å². The average molecular weight is 175 g/mol. The Bertz CT molecular complexity index is 111. The topological polar surface area (TPSA) is 52.5 Å². The number of aliphatic hydroxyl groups is 2. The number of nitrogens with one attached hydrogen (secondary N) is 1. The van der Waals surface area contributed by atoms with E-state index in [4.69, 9.17) is 5.11 Å². The lowest BCUT2D eigenvalue weighted by Crippen LogP contribution is -2.41. The molecule has 0 aliphatic rings. The molecule has 1 atom stereocenters. The third-order valence-corrected chi connectivity index (χ3v) is 2.21. The van der Waals surface area contributed by atoms with Gasteiger partial charge in [0.25, 0.3) is 0 Å². The van der Waals surface area contributed by atoms with Crippen molar-refractivity contribution in [2.24, 2.45) is 0 Å². The Kier molecular flexibility index (Phi) is 5.46. The van der Waals surface area contributed by atoms with E-state index in [1.165, 1.54) is 0 Å². The third kappa shape index (κ3) is 4.70. The SMILES string of the molecule is CCC(O)(CC)CNC[C@H](C)O. The molecule has 74 valence electrons. The molecule has 3 heteroatoms. The quantitative estimate of drug-likeness (QED) is 0.551. The van der Waals surface area contributed by atoms with Crippen molar-refractivity contribution in [3.8, 4) is 0 Å². The standard InChI is InChI=1S/C9H21NO2/c1-4-9(12,5-2)7-10-6-8(3)11/h8,10-12H,4-7H2,1-3H3/t8-/m0/s1. The molecule has 0 unspecified atom stereocenters. The van der Waals surface area contributed by atoms with Crippen LogP contribution in [0.4, 0.5) is 0 Å². The predicted octanol–water partition coefficient (Wildman–Crippen LogP) is 0.508. The Morgan fingerprint density at radius 3 is 2.17 bits per heavy atom. The second-order valence-electron chi connectivity index (χ2n) is 3.41. The summed E-state index contributed by atoms with van der Waals surface area (Å²) < 4.78 is 0. The monoisotopic (exact) mass is 175 g/mol. The van der Waals surface area contributed by atoms with Crippen LogP contribution in [0.5, 0.6) is 0 Å². The van der Waals surface area contributed by atoms with Crippen molar-refractivity contribution < 1.29 is 10.2 Å². The van der Waals surface area contributed by atoms with Crippen molar-refractivity contribution in [3.05, 3.63) is 0 Å². The lowest BCUT2D eigenvalue weighted by atomic mass is 9.98. The molecule has 0 aliphatic carbocycles. The van der Waals surface area contributed by atoms with Crippen LogP contribution < -0.4 is 5.32 Å². The average Bonchev–Trinajstić information content (AvgIpc) is 2.03. The van der Waals surface area contributed by atoms with E-state index in [1.54, 1.807) is 6.92 Å². The first-order valence-corrected chi connectivity index (χ1v) is 4.65. The van der Waals surface area contributed by atoms with Crippen molar-refractivity contribution >= 4 is 0 Å². The van der Waals surface area contributed by atoms with Crippen LogP contribution in [0, 0.1) is 0 Å². The van der Waals surface area contributed by atoms with Gasteiger partial charge in [0.15, 0.2) is 0 Å². The summed E-state index contributed by atoms with van der Waals surface area (Å²) in [6, 6.07) is 0. The third-order valence-electron chi connectivity index (χ3n) is 2.21. The molecule has 3 N–H and O–H groups in total. The van der Waals surface area contributed by atoms with E-state index >= 15 is 0 Å². The lowest BCUT2D eigenvalue weighted by molar-refractivity contribution is 0.0300. The molecule has 0 fully saturated rings. The van der Waals surface area contributed by atoms with Gasteiger partial charge in [0.05, 0.1) is 11.7 Å². The highest BCUT2D eigenvalue weighted by atomic mass is 16.3. The van der Waals surface area contributed by atoms with Crippen LogP contribution in [-0.4, -0.2) is 35.0 Å². The normalized spacial score (nSPS) is 14.8. The largest absolute Gasteiger partial charge is 0.392 e. The van der Waals surface area contributed by atoms with Gasteiger partial charge in [0, 0.05) is 13.1 Å². The molecule has 0 aromatic heterocycles. The Hall–Kier alpha value is -0.120. The van der Waals surface area contributed by atoms with Crippen LogP contribution in [-0.2, 0) is 0 Å². The first kappa shape index (κ1) is 11.9. The predicted molar refractivity (Wildman–Crippen MR) is 50.1 cm³/mol. The van der Waals surface area contributed by atoms with Gasteiger partial charge in [-0.05, 0) is 19.8 Å². The van der Waals surface area contributed by atoms with Crippen molar-refractivity contribution in [1.29, 1.82) is 0 Å². The molecular formula is C9H21NO2. The summed E-state index contributed by atoms with van der Waals surface area (Å²) in [5.74, 6) is 0. The maximum absolute atomic E-state index is 9.80. The fourth-order valence-electron chi connectivity index (χ4n) is 1.01. The smallest absolute Gasteiger partial charge is 0.0766 e. The highest BCUT2D eigenvalue weighted by Crippen LogP contribution is 2.12. The Morgan fingerprint density at radius 2 is 1.83 bits per heavy atom. The zero-order chi connectivity index (χ0) is 9.61. The molecule has 0 radical (unpaired) electrons. The molecule has 0 saturated carbocycles. The van der Waals surface area contributed by atoms with E-state index in [1.807, 2.05) is 13.8 Å². The van der Waals surface area contributed by atoms with Gasteiger partial charge in [0.1, 0.15) is 0 Å². The Balaban J connectivity index is 3.58. The number of hydrogen-bond donors (Lipinski definition) is 3. The summed E-state index contributed by atoms with van der Waals surface area (Å²) in [6.07, 6.45) is 1.15. The maximum Gasteiger partial charge on any atom is 0.0766 e. The van der Waals surface area contributed by atoms with Gasteiger partial charge in [-0.25, -0.2) is 0 Å². The molecule has 0 spiro atoms. The fourth-order valence-corrected chi connectivity index (χ4v) is 1.01. The summed E-state index contributed by atoms with van der Waals surface area (Å²) in [5.41, 5.74) is -0.602. The van der Waals surface area contributed by atoms with Crippen LogP contribution in [0.25, 0.3) is 0 Å². The van der Waals surface area contributed by atoms with Crippen LogP contribution in [0.2, 0.25) is 0 Å². The first-order valence-electron chi connectivity index (χ1n) is 4.65. The second-order valence-corrected chi connectivity index (χ2v) is 3.41. The first-order chi connectivity index (χ1) is 5.54. The van der Waals surface area contributed by atoms with Crippen LogP contribution in [0.1, 0.15) is 33.6 Å². The van der Waals surface area contributed by atoms with Crippen molar-refractivity contribution in [2.75, 3.05) is 13.1 Å². The maximum atomic E-state index is 9.80. The van der Waals surface area contributed by atoms with Gasteiger partial charge in [-0.3, -0.25) is 0 Å². The minimum absolute atomic E-state index is 0.344. The fraction of sp³-hybridized carbons (Fsp3) is 1.00. The van der Waals surface area contributed by atoms with Crippen molar-refractivity contribution in [3.63, 3.8) is 0 Å². The number of hydrogen-bond acceptors (Lipinski definition) is 3. The molecular weight excluding hydrogens is 154 g/mol. The minimum Gasteiger partial charge on any atom is -0.392 e. The van der Waals surface area contributed by atoms with Gasteiger partial charge < -0.3 is 15.5 Å². The highest BCUT2D eigenvalue weighted by Gasteiger charge is 2.21. The van der Waals surface area contributed by atoms with E-state index in [2.05, 4.69) is 5.32 Å². The lowest BCUT2D eigenvalue weighted by Gasteiger charge is -2.25. The van der Waals surface area contributed by atoms with Gasteiger partial charge in [-0.15, -0.1) is 0 Å². The van der Waals surface area contributed by atoms with Crippen LogP contribution >= 0.6 is 0 Å². The summed E-state index contributed by atoms with van der Waals surface area (Å²) >= 11 is 0. The molecule has 0 saturated heterocycles.